The molecule has 0 spiro atoms. The van der Waals surface area contributed by atoms with Crippen molar-refractivity contribution in [3.63, 3.8) is 0 Å². The lowest BCUT2D eigenvalue weighted by Gasteiger charge is -2.40. The predicted molar refractivity (Wildman–Crippen MR) is 271 cm³/mol. The van der Waals surface area contributed by atoms with Gasteiger partial charge in [0.2, 0.25) is 23.3 Å². The second-order valence-electron chi connectivity index (χ2n) is 17.2. The number of ether oxygens (including phenoxy) is 5. The number of nitriles is 1. The van der Waals surface area contributed by atoms with Crippen LogP contribution in [0, 0.1) is 11.3 Å². The van der Waals surface area contributed by atoms with Gasteiger partial charge in [-0.15, -0.1) is 10.2 Å². The molecule has 0 amide bonds. The number of nitrogens with zero attached hydrogens (tertiary/aromatic N) is 7. The van der Waals surface area contributed by atoms with Gasteiger partial charge in [-0.1, -0.05) is 97.9 Å². The number of anilines is 4. The van der Waals surface area contributed by atoms with Gasteiger partial charge in [0.1, 0.15) is 52.8 Å². The maximum atomic E-state index is 12.6. The Bertz CT molecular complexity index is 2910. The topological polar surface area (TPSA) is 336 Å². The second kappa shape index (κ2) is 26.5. The molecule has 401 valence electrons. The Kier molecular flexibility index (Phi) is 20.8. The molecule has 7 aromatic rings. The summed E-state index contributed by atoms with van der Waals surface area (Å²) in [5.74, 6) is -1.96. The smallest absolute Gasteiger partial charge is 0.354 e. The highest BCUT2D eigenvalue weighted by molar-refractivity contribution is 6.25. The van der Waals surface area contributed by atoms with E-state index in [1.807, 2.05) is 97.1 Å². The minimum absolute atomic E-state index is 0.0458. The third-order valence-corrected chi connectivity index (χ3v) is 12.2. The van der Waals surface area contributed by atoms with Crippen molar-refractivity contribution in [1.82, 2.24) is 29.2 Å². The number of nitrogens with two attached hydrogens (primary N) is 4. The summed E-state index contributed by atoms with van der Waals surface area (Å²) in [5, 5.41) is 68.5. The highest BCUT2D eigenvalue weighted by Gasteiger charge is 2.67. The van der Waals surface area contributed by atoms with E-state index in [1.54, 1.807) is 39.0 Å². The number of rotatable bonds is 14. The van der Waals surface area contributed by atoms with Crippen molar-refractivity contribution in [2.45, 2.75) is 101 Å². The van der Waals surface area contributed by atoms with E-state index in [0.717, 1.165) is 16.7 Å². The fourth-order valence-electron chi connectivity index (χ4n) is 8.49. The van der Waals surface area contributed by atoms with Gasteiger partial charge in [-0.25, -0.2) is 9.03 Å². The van der Waals surface area contributed by atoms with Crippen LogP contribution in [0.3, 0.4) is 0 Å². The first-order valence-electron chi connectivity index (χ1n) is 23.4. The van der Waals surface area contributed by atoms with Crippen LogP contribution in [0.25, 0.3) is 11.0 Å². The fraction of sp³-hybridized carbons (Fsp3) is 0.380. The van der Waals surface area contributed by atoms with Gasteiger partial charge in [0, 0.05) is 15.8 Å². The lowest BCUT2D eigenvalue weighted by atomic mass is 9.80. The van der Waals surface area contributed by atoms with Crippen LogP contribution >= 0.6 is 0 Å². The van der Waals surface area contributed by atoms with Crippen LogP contribution in [0.5, 0.6) is 0 Å². The predicted octanol–water partition coefficient (Wildman–Crippen LogP) is 4.18. The lowest BCUT2D eigenvalue weighted by Crippen LogP contribution is -2.55. The Balaban J connectivity index is 0.000000272. The number of hydrogen-bond donors (Lipinski definition) is 9. The van der Waals surface area contributed by atoms with E-state index in [-0.39, 0.29) is 61.3 Å². The standard InChI is InChI=1S/C33H35N5O5.C13H16N6O4.C2H5BF.C2H6O.F2/c1-32(42-21-25-15-9-4-10-16-25)29(41-20-24-13-7-3-8-14-24)27(22-40-19-23-11-5-2-6-12-23)43-33(32,39)28-18-17-26-30(34)36-31(35)37-38(26)28;1-12(22)9(21)7(4-20)23-13(12,5-14)8-3-2-6-10(15)17-11(16)18-19(6)8;1-2-3-4;1-2-3;1-2/h2-18,27,29,39H,19-22H2,1H3,(H4,34,35,36,37);2-3,7,9,20-22H,4H2,1H3,(H4,15,16,17,18);2H2,1H3;3H,2H2,1H3;/t27-,29-,32-,33+;7-,9-,12-,13+;;;/m11.../s1. The molecular formula is C50H62BF3N11O10. The zero-order valence-electron chi connectivity index (χ0n) is 41.7. The van der Waals surface area contributed by atoms with Crippen LogP contribution < -0.4 is 22.9 Å². The molecular weight excluding hydrogens is 982 g/mol. The first-order valence-corrected chi connectivity index (χ1v) is 23.4. The summed E-state index contributed by atoms with van der Waals surface area (Å²) in [6.45, 7) is 7.10. The van der Waals surface area contributed by atoms with E-state index in [1.165, 1.54) is 22.0 Å². The van der Waals surface area contributed by atoms with Crippen molar-refractivity contribution < 1.29 is 62.7 Å². The van der Waals surface area contributed by atoms with Gasteiger partial charge in [-0.05, 0) is 68.0 Å². The van der Waals surface area contributed by atoms with Gasteiger partial charge in [0.15, 0.2) is 17.2 Å². The summed E-state index contributed by atoms with van der Waals surface area (Å²) in [4.78, 5) is 7.88. The summed E-state index contributed by atoms with van der Waals surface area (Å²) in [6, 6.07) is 37.7. The van der Waals surface area contributed by atoms with Crippen molar-refractivity contribution in [3.05, 3.63) is 143 Å². The molecule has 2 saturated heterocycles. The minimum Gasteiger partial charge on any atom is -0.397 e. The van der Waals surface area contributed by atoms with Crippen LogP contribution in [0.2, 0.25) is 6.32 Å². The first-order chi connectivity index (χ1) is 36.0. The molecule has 1 radical (unpaired) electrons. The van der Waals surface area contributed by atoms with Crippen molar-refractivity contribution in [1.29, 1.82) is 5.26 Å². The molecule has 0 unspecified atom stereocenters. The largest absolute Gasteiger partial charge is 0.397 e. The minimum atomic E-state index is -2.05. The normalized spacial score (nSPS) is 24.6. The number of aliphatic hydroxyl groups excluding tert-OH is 3. The van der Waals surface area contributed by atoms with Crippen molar-refractivity contribution in [2.75, 3.05) is 42.8 Å². The molecule has 3 aromatic carbocycles. The number of halogens is 3. The number of fused-ring (bicyclic) bond motifs is 2. The van der Waals surface area contributed by atoms with Gasteiger partial charge in [-0.3, -0.25) is 0 Å². The van der Waals surface area contributed by atoms with Gasteiger partial charge < -0.3 is 76.5 Å². The summed E-state index contributed by atoms with van der Waals surface area (Å²) in [5.41, 5.74) is 22.2. The Hall–Kier alpha value is -6.96. The molecule has 0 bridgehead atoms. The summed E-state index contributed by atoms with van der Waals surface area (Å²) in [7, 11) is 0.625. The molecule has 21 nitrogen and oxygen atoms in total. The Labute approximate surface area is 431 Å². The van der Waals surface area contributed by atoms with Gasteiger partial charge >= 0.3 is 7.56 Å². The summed E-state index contributed by atoms with van der Waals surface area (Å²) >= 11 is 0. The molecule has 8 atom stereocenters. The monoisotopic (exact) mass is 1040 g/mol. The van der Waals surface area contributed by atoms with Crippen molar-refractivity contribution in [2.24, 2.45) is 0 Å². The molecule has 0 saturated carbocycles. The molecule has 75 heavy (non-hydrogen) atoms. The summed E-state index contributed by atoms with van der Waals surface area (Å²) in [6.07, 6.45) is -3.57. The summed E-state index contributed by atoms with van der Waals surface area (Å²) < 4.78 is 60.7. The number of nitrogen functional groups attached to an aromatic ring is 4. The number of aliphatic hydroxyl groups is 5. The fourth-order valence-corrected chi connectivity index (χ4v) is 8.49. The molecule has 0 aliphatic carbocycles. The molecule has 9 rings (SSSR count). The van der Waals surface area contributed by atoms with E-state index in [0.29, 0.717) is 31.5 Å². The van der Waals surface area contributed by atoms with Gasteiger partial charge in [-0.2, -0.15) is 15.2 Å². The van der Waals surface area contributed by atoms with E-state index in [9.17, 15) is 30.0 Å². The van der Waals surface area contributed by atoms with E-state index in [4.69, 9.17) is 60.9 Å². The highest BCUT2D eigenvalue weighted by atomic mass is 20.0. The zero-order chi connectivity index (χ0) is 55.0. The maximum absolute atomic E-state index is 12.6. The molecule has 2 aliphatic heterocycles. The third-order valence-electron chi connectivity index (χ3n) is 12.2. The Morgan fingerprint density at radius 1 is 0.707 bits per heavy atom. The molecule has 4 aromatic heterocycles. The Morgan fingerprint density at radius 2 is 1.16 bits per heavy atom. The van der Waals surface area contributed by atoms with Crippen LogP contribution in [0.15, 0.2) is 115 Å². The SMILES string of the molecule is CCO.CC[B]F.C[C@@]1(O)[C@H](O)[C@@H](CO)O[C@@]1(C#N)c1ccc2c(N)nc(N)nn12.C[C@@]1(OCc2ccccc2)[C@H](OCc2ccccc2)[C@@H](COCc2ccccc2)O[C@@]1(O)c1ccc2c(N)nc(N)nn12.FF. The van der Waals surface area contributed by atoms with Crippen LogP contribution in [-0.2, 0) is 54.9 Å². The van der Waals surface area contributed by atoms with Crippen molar-refractivity contribution in [3.8, 4) is 6.07 Å². The zero-order valence-corrected chi connectivity index (χ0v) is 41.7. The average Bonchev–Trinajstić information content (AvgIpc) is 4.15. The molecule has 2 fully saturated rings. The van der Waals surface area contributed by atoms with Gasteiger partial charge in [0.05, 0.1) is 38.7 Å². The first kappa shape index (κ1) is 58.9. The average molecular weight is 1040 g/mol. The molecule has 25 heteroatoms. The molecule has 2 aliphatic rings. The highest BCUT2D eigenvalue weighted by Crippen LogP contribution is 2.50. The van der Waals surface area contributed by atoms with E-state index in [2.05, 4.69) is 20.2 Å². The van der Waals surface area contributed by atoms with Crippen LogP contribution in [-0.4, -0.2) is 118 Å². The number of benzene rings is 3. The third kappa shape index (κ3) is 12.6. The lowest BCUT2D eigenvalue weighted by molar-refractivity contribution is -0.294. The quantitative estimate of drug-likeness (QED) is 0.0690. The van der Waals surface area contributed by atoms with Crippen LogP contribution in [0.4, 0.5) is 37.0 Å². The maximum Gasteiger partial charge on any atom is 0.354 e. The van der Waals surface area contributed by atoms with E-state index < -0.39 is 53.6 Å². The van der Waals surface area contributed by atoms with Crippen LogP contribution in [0.1, 0.15) is 55.8 Å². The number of aromatic nitrogens is 6. The number of hydrogen-bond acceptors (Lipinski definition) is 19. The van der Waals surface area contributed by atoms with Crippen molar-refractivity contribution >= 4 is 42.1 Å². The second-order valence-corrected chi connectivity index (χ2v) is 17.2. The molecule has 6 heterocycles. The Morgan fingerprint density at radius 3 is 1.61 bits per heavy atom. The van der Waals surface area contributed by atoms with E-state index >= 15 is 0 Å². The van der Waals surface area contributed by atoms with Gasteiger partial charge in [0.25, 0.3) is 0 Å². The molecule has 13 N–H and O–H groups in total.